The zero-order chi connectivity index (χ0) is 8.69. The molecular formula is C7H15O3Y. The third-order valence-corrected chi connectivity index (χ3v) is 1.82. The van der Waals surface area contributed by atoms with E-state index in [1.807, 2.05) is 13.8 Å². The molecule has 0 aliphatic rings. The van der Waals surface area contributed by atoms with Gasteiger partial charge in [-0.15, -0.1) is 0 Å². The summed E-state index contributed by atoms with van der Waals surface area (Å²) < 4.78 is 15.5. The van der Waals surface area contributed by atoms with Crippen molar-refractivity contribution in [2.75, 3.05) is 20.3 Å². The van der Waals surface area contributed by atoms with E-state index in [0.717, 1.165) is 31.5 Å². The Labute approximate surface area is 89.0 Å². The van der Waals surface area contributed by atoms with Crippen LogP contribution in [0, 0.1) is 0 Å². The molecule has 0 spiro atoms. The Morgan fingerprint density at radius 1 is 1.18 bits per heavy atom. The number of rotatable bonds is 6. The first kappa shape index (κ1) is 12.0. The van der Waals surface area contributed by atoms with Gasteiger partial charge in [0.05, 0.1) is 0 Å². The van der Waals surface area contributed by atoms with Gasteiger partial charge in [0.25, 0.3) is 0 Å². The van der Waals surface area contributed by atoms with Gasteiger partial charge in [-0.05, 0) is 0 Å². The average molecular weight is 236 g/mol. The van der Waals surface area contributed by atoms with Gasteiger partial charge in [0, 0.05) is 0 Å². The summed E-state index contributed by atoms with van der Waals surface area (Å²) in [5.74, 6) is 0. The second-order valence-corrected chi connectivity index (χ2v) is 3.34. The average Bonchev–Trinajstić information content (AvgIpc) is 2.01. The number of hydrogen-bond donors (Lipinski definition) is 0. The Morgan fingerprint density at radius 2 is 1.82 bits per heavy atom. The monoisotopic (exact) mass is 236 g/mol. The summed E-state index contributed by atoms with van der Waals surface area (Å²) in [6.07, 6.45) is 0.355. The SMILES string of the molecule is COC(C)COC(C)C[O][Y]. The summed E-state index contributed by atoms with van der Waals surface area (Å²) in [7, 11) is 1.68. The Morgan fingerprint density at radius 3 is 2.27 bits per heavy atom. The third kappa shape index (κ3) is 7.35. The van der Waals surface area contributed by atoms with Crippen LogP contribution in [0.25, 0.3) is 0 Å². The maximum absolute atomic E-state index is 5.41. The van der Waals surface area contributed by atoms with E-state index in [2.05, 4.69) is 0 Å². The van der Waals surface area contributed by atoms with Gasteiger partial charge in [0.1, 0.15) is 0 Å². The fourth-order valence-corrected chi connectivity index (χ4v) is 1.22. The number of ether oxygens (including phenoxy) is 2. The molecule has 2 atom stereocenters. The number of methoxy groups -OCH3 is 1. The fourth-order valence-electron chi connectivity index (χ4n) is 0.551. The van der Waals surface area contributed by atoms with E-state index in [-0.39, 0.29) is 12.2 Å². The van der Waals surface area contributed by atoms with E-state index in [4.69, 9.17) is 11.5 Å². The molecule has 0 aromatic rings. The van der Waals surface area contributed by atoms with Crippen LogP contribution in [-0.2, 0) is 43.0 Å². The van der Waals surface area contributed by atoms with Crippen LogP contribution in [0.1, 0.15) is 13.8 Å². The molecule has 0 aliphatic heterocycles. The Kier molecular flexibility index (Phi) is 8.31. The van der Waals surface area contributed by atoms with Crippen molar-refractivity contribution in [3.05, 3.63) is 0 Å². The second kappa shape index (κ2) is 7.62. The Balaban J connectivity index is 3.22. The molecule has 64 valence electrons. The first-order valence-electron chi connectivity index (χ1n) is 3.66. The maximum atomic E-state index is 5.41. The second-order valence-electron chi connectivity index (χ2n) is 2.52. The van der Waals surface area contributed by atoms with E-state index >= 15 is 0 Å². The molecule has 0 aromatic carbocycles. The topological polar surface area (TPSA) is 27.7 Å². The van der Waals surface area contributed by atoms with Crippen LogP contribution >= 0.6 is 0 Å². The summed E-state index contributed by atoms with van der Waals surface area (Å²) in [6.45, 7) is 5.31. The van der Waals surface area contributed by atoms with Gasteiger partial charge in [-0.25, -0.2) is 0 Å². The van der Waals surface area contributed by atoms with Gasteiger partial charge in [-0.3, -0.25) is 0 Å². The van der Waals surface area contributed by atoms with Gasteiger partial charge in [0.2, 0.25) is 0 Å². The first-order valence-corrected chi connectivity index (χ1v) is 4.82. The molecule has 0 saturated carbocycles. The van der Waals surface area contributed by atoms with Crippen LogP contribution in [0.15, 0.2) is 0 Å². The molecular weight excluding hydrogens is 221 g/mol. The van der Waals surface area contributed by atoms with Crippen molar-refractivity contribution in [2.24, 2.45) is 0 Å². The van der Waals surface area contributed by atoms with Crippen molar-refractivity contribution in [2.45, 2.75) is 26.1 Å². The van der Waals surface area contributed by atoms with Gasteiger partial charge in [-0.2, -0.15) is 0 Å². The molecule has 0 radical (unpaired) electrons. The summed E-state index contributed by atoms with van der Waals surface area (Å²) in [6, 6.07) is 0. The molecule has 4 heteroatoms. The molecule has 0 saturated heterocycles. The summed E-state index contributed by atoms with van der Waals surface area (Å²) in [4.78, 5) is 0. The molecule has 0 N–H and O–H groups in total. The minimum absolute atomic E-state index is 0.172. The van der Waals surface area contributed by atoms with Crippen molar-refractivity contribution >= 4 is 0 Å². The standard InChI is InChI=1S/C7H15O3.Y/c1-6(4-8)10-5-7(2)9-3;/h6-7H,4-5H2,1-3H3;/q-1;+1. The molecule has 11 heavy (non-hydrogen) atoms. The van der Waals surface area contributed by atoms with Crippen molar-refractivity contribution in [1.82, 2.24) is 0 Å². The van der Waals surface area contributed by atoms with Crippen LogP contribution in [0.2, 0.25) is 0 Å². The molecule has 0 amide bonds. The van der Waals surface area contributed by atoms with E-state index < -0.39 is 0 Å². The zero-order valence-corrected chi connectivity index (χ0v) is 10.2. The van der Waals surface area contributed by atoms with Gasteiger partial charge in [-0.1, -0.05) is 0 Å². The molecule has 0 rings (SSSR count). The van der Waals surface area contributed by atoms with Crippen LogP contribution in [-0.4, -0.2) is 32.5 Å². The van der Waals surface area contributed by atoms with Crippen molar-refractivity contribution in [3.63, 3.8) is 0 Å². The first-order chi connectivity index (χ1) is 5.20. The molecule has 3 nitrogen and oxygen atoms in total. The zero-order valence-electron chi connectivity index (χ0n) is 7.37. The quantitative estimate of drug-likeness (QED) is 0.685. The van der Waals surface area contributed by atoms with Gasteiger partial charge >= 0.3 is 89.4 Å². The van der Waals surface area contributed by atoms with E-state index in [1.165, 1.54) is 0 Å². The van der Waals surface area contributed by atoms with Crippen molar-refractivity contribution in [1.29, 1.82) is 0 Å². The molecule has 0 fully saturated rings. The Bertz CT molecular complexity index is 89.8. The normalized spacial score (nSPS) is 16.2. The summed E-state index contributed by atoms with van der Waals surface area (Å²) in [5.41, 5.74) is 0. The Hall–Kier alpha value is 0.984. The third-order valence-electron chi connectivity index (χ3n) is 1.35. The van der Waals surface area contributed by atoms with E-state index in [9.17, 15) is 0 Å². The van der Waals surface area contributed by atoms with E-state index in [0.29, 0.717) is 13.2 Å². The fraction of sp³-hybridized carbons (Fsp3) is 1.00. The predicted octanol–water partition coefficient (Wildman–Crippen LogP) is 0.905. The van der Waals surface area contributed by atoms with Crippen LogP contribution in [0.5, 0.6) is 0 Å². The van der Waals surface area contributed by atoms with Crippen molar-refractivity contribution in [3.8, 4) is 0 Å². The molecule has 0 bridgehead atoms. The molecule has 0 heterocycles. The van der Waals surface area contributed by atoms with Crippen LogP contribution < -0.4 is 0 Å². The molecule has 2 unspecified atom stereocenters. The van der Waals surface area contributed by atoms with Gasteiger partial charge in [0.15, 0.2) is 0 Å². The van der Waals surface area contributed by atoms with Crippen LogP contribution in [0.3, 0.4) is 0 Å². The van der Waals surface area contributed by atoms with Gasteiger partial charge < -0.3 is 0 Å². The number of hydrogen-bond acceptors (Lipinski definition) is 3. The summed E-state index contributed by atoms with van der Waals surface area (Å²) in [5, 5.41) is 0. The summed E-state index contributed by atoms with van der Waals surface area (Å²) >= 11 is 0.837. The van der Waals surface area contributed by atoms with Crippen LogP contribution in [0.4, 0.5) is 0 Å². The predicted molar refractivity (Wildman–Crippen MR) is 37.8 cm³/mol. The van der Waals surface area contributed by atoms with E-state index in [1.54, 1.807) is 7.11 Å². The molecule has 0 aromatic heterocycles. The van der Waals surface area contributed by atoms with Crippen molar-refractivity contribution < 1.29 is 43.0 Å². The minimum atomic E-state index is 0.172. The molecule has 0 aliphatic carbocycles.